The third-order valence-electron chi connectivity index (χ3n) is 5.81. The van der Waals surface area contributed by atoms with Gasteiger partial charge in [-0.2, -0.15) is 13.2 Å². The average molecular weight is 487 g/mol. The second-order valence-corrected chi connectivity index (χ2v) is 9.07. The number of ether oxygens (including phenoxy) is 1. The van der Waals surface area contributed by atoms with Gasteiger partial charge in [-0.25, -0.2) is 8.78 Å². The Hall–Kier alpha value is -2.33. The summed E-state index contributed by atoms with van der Waals surface area (Å²) < 4.78 is 74.7. The second-order valence-electron chi connectivity index (χ2n) is 8.46. The Kier molecular flexibility index (Phi) is 6.86. The van der Waals surface area contributed by atoms with Crippen molar-refractivity contribution in [2.45, 2.75) is 31.5 Å². The highest BCUT2D eigenvalue weighted by molar-refractivity contribution is 7.97. The van der Waals surface area contributed by atoms with Gasteiger partial charge in [0.15, 0.2) is 0 Å². The van der Waals surface area contributed by atoms with Crippen LogP contribution in [0, 0.1) is 17.6 Å². The first-order valence-corrected chi connectivity index (χ1v) is 11.8. The van der Waals surface area contributed by atoms with Crippen LogP contribution < -0.4 is 9.46 Å². The molecule has 1 amide bonds. The molecule has 2 fully saturated rings. The largest absolute Gasteiger partial charge is 0.493 e. The maximum atomic E-state index is 14.5. The summed E-state index contributed by atoms with van der Waals surface area (Å²) in [6.45, 7) is 1.97. The number of rotatable bonds is 8. The van der Waals surface area contributed by atoms with Gasteiger partial charge in [0.25, 0.3) is 5.91 Å². The number of hydrogen-bond acceptors (Lipinski definition) is 4. The number of nitrogens with zero attached hydrogens (tertiary/aromatic N) is 1. The average Bonchev–Trinajstić information content (AvgIpc) is 3.54. The molecule has 0 atom stereocenters. The number of alkyl halides is 3. The molecule has 2 aromatic rings. The predicted molar refractivity (Wildman–Crippen MR) is 115 cm³/mol. The van der Waals surface area contributed by atoms with Crippen molar-refractivity contribution in [3.8, 4) is 5.75 Å². The highest BCUT2D eigenvalue weighted by atomic mass is 32.2. The summed E-state index contributed by atoms with van der Waals surface area (Å²) in [5.41, 5.74) is 0.0325. The molecule has 0 unspecified atom stereocenters. The SMILES string of the molecule is CSNC(=O)c1cc(C2CC2)c(OCC2CN(Cc3ccc(C(F)(F)F)c(F)c3)C2)cc1F. The van der Waals surface area contributed by atoms with E-state index in [0.29, 0.717) is 37.6 Å². The fraction of sp³-hybridized carbons (Fsp3) is 0.435. The van der Waals surface area contributed by atoms with Gasteiger partial charge in [0.1, 0.15) is 17.4 Å². The van der Waals surface area contributed by atoms with Crippen LogP contribution in [0.2, 0.25) is 0 Å². The molecular formula is C23H23F5N2O2S. The van der Waals surface area contributed by atoms with E-state index in [1.807, 2.05) is 4.90 Å². The van der Waals surface area contributed by atoms with Crippen molar-refractivity contribution in [3.63, 3.8) is 0 Å². The normalized spacial score (nSPS) is 17.0. The zero-order valence-corrected chi connectivity index (χ0v) is 18.7. The van der Waals surface area contributed by atoms with Gasteiger partial charge in [0.2, 0.25) is 0 Å². The van der Waals surface area contributed by atoms with Crippen molar-refractivity contribution in [2.24, 2.45) is 5.92 Å². The van der Waals surface area contributed by atoms with Gasteiger partial charge < -0.3 is 4.74 Å². The van der Waals surface area contributed by atoms with Crippen LogP contribution in [0.25, 0.3) is 0 Å². The van der Waals surface area contributed by atoms with Crippen LogP contribution in [0.1, 0.15) is 45.8 Å². The van der Waals surface area contributed by atoms with Gasteiger partial charge in [-0.15, -0.1) is 0 Å². The van der Waals surface area contributed by atoms with Gasteiger partial charge in [-0.1, -0.05) is 18.0 Å². The summed E-state index contributed by atoms with van der Waals surface area (Å²) in [6.07, 6.45) is -1.10. The van der Waals surface area contributed by atoms with Gasteiger partial charge in [0.05, 0.1) is 17.7 Å². The van der Waals surface area contributed by atoms with Crippen LogP contribution in [0.3, 0.4) is 0 Å². The van der Waals surface area contributed by atoms with E-state index in [2.05, 4.69) is 4.72 Å². The molecule has 0 spiro atoms. The molecule has 33 heavy (non-hydrogen) atoms. The van der Waals surface area contributed by atoms with Crippen molar-refractivity contribution < 1.29 is 31.5 Å². The van der Waals surface area contributed by atoms with Crippen LogP contribution in [-0.4, -0.2) is 36.8 Å². The number of nitrogens with one attached hydrogen (secondary N) is 1. The lowest BCUT2D eigenvalue weighted by atomic mass is 9.99. The standard InChI is InChI=1S/C23H23F5N2O2S/c1-33-29-22(31)17-7-16(15-3-4-15)21(8-19(17)24)32-12-14-10-30(11-14)9-13-2-5-18(20(25)6-13)23(26,27)28/h2,5-8,14-15H,3-4,9-12H2,1H3,(H,29,31). The third-order valence-corrected chi connectivity index (χ3v) is 6.20. The minimum Gasteiger partial charge on any atom is -0.493 e. The van der Waals surface area contributed by atoms with E-state index < -0.39 is 29.3 Å². The van der Waals surface area contributed by atoms with Crippen molar-refractivity contribution in [2.75, 3.05) is 26.0 Å². The minimum atomic E-state index is -4.71. The van der Waals surface area contributed by atoms with E-state index >= 15 is 0 Å². The molecule has 1 saturated heterocycles. The second kappa shape index (κ2) is 9.50. The molecule has 10 heteroatoms. The van der Waals surface area contributed by atoms with E-state index in [-0.39, 0.29) is 17.4 Å². The molecule has 0 bridgehead atoms. The summed E-state index contributed by atoms with van der Waals surface area (Å²) in [6, 6.07) is 5.81. The third kappa shape index (κ3) is 5.60. The van der Waals surface area contributed by atoms with E-state index in [1.165, 1.54) is 12.1 Å². The molecule has 1 aliphatic heterocycles. The van der Waals surface area contributed by atoms with Gasteiger partial charge in [-0.3, -0.25) is 14.4 Å². The summed E-state index contributed by atoms with van der Waals surface area (Å²) in [7, 11) is 0. The van der Waals surface area contributed by atoms with Crippen molar-refractivity contribution in [1.82, 2.24) is 9.62 Å². The van der Waals surface area contributed by atoms with Crippen LogP contribution in [-0.2, 0) is 12.7 Å². The van der Waals surface area contributed by atoms with E-state index in [0.717, 1.165) is 42.5 Å². The molecule has 1 saturated carbocycles. The molecule has 4 nitrogen and oxygen atoms in total. The van der Waals surface area contributed by atoms with E-state index in [9.17, 15) is 26.7 Å². The Balaban J connectivity index is 1.32. The Morgan fingerprint density at radius 1 is 1.15 bits per heavy atom. The van der Waals surface area contributed by atoms with Crippen LogP contribution >= 0.6 is 11.9 Å². The quantitative estimate of drug-likeness (QED) is 0.402. The highest BCUT2D eigenvalue weighted by Gasteiger charge is 2.35. The zero-order chi connectivity index (χ0) is 23.8. The lowest BCUT2D eigenvalue weighted by molar-refractivity contribution is -0.140. The maximum Gasteiger partial charge on any atom is 0.419 e. The minimum absolute atomic E-state index is 0.00260. The van der Waals surface area contributed by atoms with Gasteiger partial charge in [0, 0.05) is 37.9 Å². The van der Waals surface area contributed by atoms with Crippen LogP contribution in [0.5, 0.6) is 5.75 Å². The van der Waals surface area contributed by atoms with Gasteiger partial charge >= 0.3 is 6.18 Å². The summed E-state index contributed by atoms with van der Waals surface area (Å²) in [5.74, 6) is -1.53. The number of halogens is 5. The number of likely N-dealkylation sites (tertiary alicyclic amines) is 1. The lowest BCUT2D eigenvalue weighted by Gasteiger charge is -2.39. The monoisotopic (exact) mass is 486 g/mol. The Labute approximate surface area is 192 Å². The maximum absolute atomic E-state index is 14.5. The zero-order valence-electron chi connectivity index (χ0n) is 17.8. The molecule has 1 heterocycles. The molecule has 1 aliphatic carbocycles. The fourth-order valence-electron chi connectivity index (χ4n) is 4.00. The van der Waals surface area contributed by atoms with Crippen LogP contribution in [0.4, 0.5) is 22.0 Å². The first-order chi connectivity index (χ1) is 15.7. The van der Waals surface area contributed by atoms with Crippen molar-refractivity contribution in [1.29, 1.82) is 0 Å². The highest BCUT2D eigenvalue weighted by Crippen LogP contribution is 2.45. The van der Waals surface area contributed by atoms with E-state index in [4.69, 9.17) is 4.74 Å². The van der Waals surface area contributed by atoms with Gasteiger partial charge in [-0.05, 0) is 48.1 Å². The Morgan fingerprint density at radius 2 is 1.88 bits per heavy atom. The molecule has 4 rings (SSSR count). The fourth-order valence-corrected chi connectivity index (χ4v) is 4.29. The van der Waals surface area contributed by atoms with E-state index in [1.54, 1.807) is 12.3 Å². The number of carbonyl (C=O) groups excluding carboxylic acids is 1. The molecule has 2 aliphatic rings. The summed E-state index contributed by atoms with van der Waals surface area (Å²) in [5, 5.41) is 0. The van der Waals surface area contributed by atoms with Crippen LogP contribution in [0.15, 0.2) is 30.3 Å². The topological polar surface area (TPSA) is 41.6 Å². The number of carbonyl (C=O) groups is 1. The smallest absolute Gasteiger partial charge is 0.419 e. The first-order valence-electron chi connectivity index (χ1n) is 10.5. The number of benzene rings is 2. The predicted octanol–water partition coefficient (Wildman–Crippen LogP) is 5.38. The Morgan fingerprint density at radius 3 is 2.48 bits per heavy atom. The molecular weight excluding hydrogens is 463 g/mol. The molecule has 0 aromatic heterocycles. The first kappa shape index (κ1) is 23.8. The summed E-state index contributed by atoms with van der Waals surface area (Å²) in [4.78, 5) is 14.1. The molecule has 2 aromatic carbocycles. The number of hydrogen-bond donors (Lipinski definition) is 1. The Bertz CT molecular complexity index is 1040. The molecule has 0 radical (unpaired) electrons. The number of amides is 1. The lowest BCUT2D eigenvalue weighted by Crippen LogP contribution is -2.48. The van der Waals surface area contributed by atoms with Crippen molar-refractivity contribution in [3.05, 3.63) is 64.2 Å². The molecule has 1 N–H and O–H groups in total. The molecule has 178 valence electrons. The van der Waals surface area contributed by atoms with Crippen molar-refractivity contribution >= 4 is 17.9 Å². The summed E-state index contributed by atoms with van der Waals surface area (Å²) >= 11 is 1.10.